The highest BCUT2D eigenvalue weighted by Crippen LogP contribution is 2.32. The first-order chi connectivity index (χ1) is 12.9. The van der Waals surface area contributed by atoms with Gasteiger partial charge in [0.2, 0.25) is 0 Å². The van der Waals surface area contributed by atoms with E-state index in [1.165, 1.54) is 5.56 Å². The molecule has 2 aliphatic heterocycles. The zero-order valence-corrected chi connectivity index (χ0v) is 15.2. The van der Waals surface area contributed by atoms with Gasteiger partial charge in [-0.3, -0.25) is 4.79 Å². The third-order valence-corrected chi connectivity index (χ3v) is 5.41. The molecule has 1 atom stereocenters. The van der Waals surface area contributed by atoms with Crippen LogP contribution in [0.15, 0.2) is 42.5 Å². The second-order valence-corrected chi connectivity index (χ2v) is 7.47. The molecule has 2 aromatic carbocycles. The molecule has 1 saturated heterocycles. The number of ether oxygens (including phenoxy) is 1. The van der Waals surface area contributed by atoms with Crippen molar-refractivity contribution in [2.24, 2.45) is 5.41 Å². The quantitative estimate of drug-likeness (QED) is 0.870. The van der Waals surface area contributed by atoms with Crippen molar-refractivity contribution in [3.8, 4) is 16.9 Å². The molecule has 4 rings (SSSR count). The van der Waals surface area contributed by atoms with Crippen LogP contribution in [0.4, 0.5) is 10.5 Å². The number of carboxylic acid groups (broad SMARTS) is 1. The lowest BCUT2D eigenvalue weighted by atomic mass is 9.90. The summed E-state index contributed by atoms with van der Waals surface area (Å²) in [4.78, 5) is 25.5. The van der Waals surface area contributed by atoms with Gasteiger partial charge in [-0.2, -0.15) is 0 Å². The van der Waals surface area contributed by atoms with Crippen LogP contribution in [0.25, 0.3) is 11.1 Å². The van der Waals surface area contributed by atoms with Crippen LogP contribution in [0.3, 0.4) is 0 Å². The smallest absolute Gasteiger partial charge is 0.321 e. The average molecular weight is 366 g/mol. The number of likely N-dealkylation sites (tertiary alicyclic amines) is 1. The van der Waals surface area contributed by atoms with Gasteiger partial charge in [0, 0.05) is 25.2 Å². The predicted molar refractivity (Wildman–Crippen MR) is 102 cm³/mol. The molecule has 2 N–H and O–H groups in total. The number of carbonyl (C=O) groups is 2. The van der Waals surface area contributed by atoms with Gasteiger partial charge in [0.15, 0.2) is 0 Å². The van der Waals surface area contributed by atoms with Crippen molar-refractivity contribution in [3.05, 3.63) is 48.0 Å². The zero-order valence-electron chi connectivity index (χ0n) is 15.2. The van der Waals surface area contributed by atoms with E-state index in [1.54, 1.807) is 11.8 Å². The number of hydrogen-bond donors (Lipinski definition) is 2. The predicted octanol–water partition coefficient (Wildman–Crippen LogP) is 3.62. The molecular formula is C21H22N2O4. The lowest BCUT2D eigenvalue weighted by Gasteiger charge is -2.20. The number of amides is 2. The number of nitrogens with one attached hydrogen (secondary N) is 1. The Morgan fingerprint density at radius 3 is 2.78 bits per heavy atom. The lowest BCUT2D eigenvalue weighted by molar-refractivity contribution is -0.146. The molecule has 2 amide bonds. The van der Waals surface area contributed by atoms with Gasteiger partial charge in [-0.15, -0.1) is 0 Å². The number of anilines is 1. The second kappa shape index (κ2) is 6.61. The van der Waals surface area contributed by atoms with Crippen molar-refractivity contribution in [3.63, 3.8) is 0 Å². The number of carbonyl (C=O) groups excluding carboxylic acids is 1. The Morgan fingerprint density at radius 2 is 2.00 bits per heavy atom. The van der Waals surface area contributed by atoms with Gasteiger partial charge < -0.3 is 20.1 Å². The Balaban J connectivity index is 1.48. The zero-order chi connectivity index (χ0) is 19.0. The van der Waals surface area contributed by atoms with Crippen LogP contribution in [0.5, 0.6) is 5.75 Å². The highest BCUT2D eigenvalue weighted by Gasteiger charge is 2.42. The largest absolute Gasteiger partial charge is 0.493 e. The van der Waals surface area contributed by atoms with Crippen LogP contribution in [0, 0.1) is 5.41 Å². The molecule has 0 aliphatic carbocycles. The molecule has 0 radical (unpaired) electrons. The summed E-state index contributed by atoms with van der Waals surface area (Å²) in [6, 6.07) is 13.5. The second-order valence-electron chi connectivity index (χ2n) is 7.47. The number of nitrogens with zero attached hydrogens (tertiary/aromatic N) is 1. The number of carboxylic acids is 1. The van der Waals surface area contributed by atoms with Crippen LogP contribution in [0.2, 0.25) is 0 Å². The summed E-state index contributed by atoms with van der Waals surface area (Å²) in [7, 11) is 0. The van der Waals surface area contributed by atoms with Crippen molar-refractivity contribution in [2.75, 3.05) is 25.0 Å². The summed E-state index contributed by atoms with van der Waals surface area (Å²) in [6.45, 7) is 3.07. The molecule has 0 saturated carbocycles. The molecule has 2 heterocycles. The summed E-state index contributed by atoms with van der Waals surface area (Å²) >= 11 is 0. The molecule has 0 aromatic heterocycles. The highest BCUT2D eigenvalue weighted by molar-refractivity contribution is 5.91. The maximum Gasteiger partial charge on any atom is 0.321 e. The molecule has 1 fully saturated rings. The molecule has 2 aromatic rings. The first-order valence-corrected chi connectivity index (χ1v) is 9.10. The van der Waals surface area contributed by atoms with Crippen LogP contribution < -0.4 is 10.1 Å². The Morgan fingerprint density at radius 1 is 1.19 bits per heavy atom. The van der Waals surface area contributed by atoms with Gasteiger partial charge in [0.1, 0.15) is 5.75 Å². The Labute approximate surface area is 157 Å². The van der Waals surface area contributed by atoms with Gasteiger partial charge in [0.25, 0.3) is 0 Å². The lowest BCUT2D eigenvalue weighted by Crippen LogP contribution is -2.37. The summed E-state index contributed by atoms with van der Waals surface area (Å²) in [5.74, 6) is 0.0825. The SMILES string of the molecule is CC1(C(=O)O)CCN(C(=O)Nc2cccc(-c3ccc4c(c3)CCO4)c2)C1. The van der Waals surface area contributed by atoms with E-state index in [0.29, 0.717) is 18.7 Å². The van der Waals surface area contributed by atoms with Gasteiger partial charge in [0.05, 0.1) is 12.0 Å². The van der Waals surface area contributed by atoms with Crippen LogP contribution >= 0.6 is 0 Å². The van der Waals surface area contributed by atoms with Crippen molar-refractivity contribution in [2.45, 2.75) is 19.8 Å². The van der Waals surface area contributed by atoms with E-state index in [9.17, 15) is 14.7 Å². The minimum Gasteiger partial charge on any atom is -0.493 e. The Kier molecular flexibility index (Phi) is 4.26. The summed E-state index contributed by atoms with van der Waals surface area (Å²) in [6.07, 6.45) is 1.38. The molecule has 6 nitrogen and oxygen atoms in total. The fourth-order valence-electron chi connectivity index (χ4n) is 3.65. The summed E-state index contributed by atoms with van der Waals surface area (Å²) in [5, 5.41) is 12.2. The number of hydrogen-bond acceptors (Lipinski definition) is 3. The molecule has 6 heteroatoms. The van der Waals surface area contributed by atoms with Crippen molar-refractivity contribution >= 4 is 17.7 Å². The van der Waals surface area contributed by atoms with Gasteiger partial charge in [-0.25, -0.2) is 4.79 Å². The van der Waals surface area contributed by atoms with Crippen LogP contribution in [-0.4, -0.2) is 41.7 Å². The number of rotatable bonds is 3. The minimum atomic E-state index is -0.869. The van der Waals surface area contributed by atoms with Crippen molar-refractivity contribution in [1.29, 1.82) is 0 Å². The molecule has 1 unspecified atom stereocenters. The first-order valence-electron chi connectivity index (χ1n) is 9.10. The fourth-order valence-corrected chi connectivity index (χ4v) is 3.65. The standard InChI is InChI=1S/C21H22N2O4/c1-21(19(24)25)8-9-23(13-21)20(26)22-17-4-2-3-14(12-17)15-5-6-18-16(11-15)7-10-27-18/h2-6,11-12H,7-10,13H2,1H3,(H,22,26)(H,24,25). The third kappa shape index (κ3) is 3.35. The van der Waals surface area contributed by atoms with E-state index in [4.69, 9.17) is 4.74 Å². The Hall–Kier alpha value is -3.02. The van der Waals surface area contributed by atoms with Gasteiger partial charge in [-0.05, 0) is 54.3 Å². The fraction of sp³-hybridized carbons (Fsp3) is 0.333. The average Bonchev–Trinajstić information content (AvgIpc) is 3.28. The minimum absolute atomic E-state index is 0.221. The monoisotopic (exact) mass is 366 g/mol. The first kappa shape index (κ1) is 17.4. The van der Waals surface area contributed by atoms with Crippen molar-refractivity contribution in [1.82, 2.24) is 4.90 Å². The van der Waals surface area contributed by atoms with E-state index >= 15 is 0 Å². The van der Waals surface area contributed by atoms with E-state index in [0.717, 1.165) is 29.9 Å². The van der Waals surface area contributed by atoms with E-state index in [2.05, 4.69) is 11.4 Å². The van der Waals surface area contributed by atoms with Crippen molar-refractivity contribution < 1.29 is 19.4 Å². The molecule has 0 spiro atoms. The van der Waals surface area contributed by atoms with Gasteiger partial charge >= 0.3 is 12.0 Å². The topological polar surface area (TPSA) is 78.9 Å². The number of benzene rings is 2. The van der Waals surface area contributed by atoms with E-state index in [1.807, 2.05) is 36.4 Å². The summed E-state index contributed by atoms with van der Waals surface area (Å²) < 4.78 is 5.55. The van der Waals surface area contributed by atoms with Gasteiger partial charge in [-0.1, -0.05) is 18.2 Å². The maximum atomic E-state index is 12.5. The maximum absolute atomic E-state index is 12.5. The normalized spacial score (nSPS) is 20.9. The number of aliphatic carboxylic acids is 1. The molecule has 27 heavy (non-hydrogen) atoms. The van der Waals surface area contributed by atoms with Crippen LogP contribution in [0.1, 0.15) is 18.9 Å². The molecule has 0 bridgehead atoms. The third-order valence-electron chi connectivity index (χ3n) is 5.41. The van der Waals surface area contributed by atoms with E-state index in [-0.39, 0.29) is 12.6 Å². The molecule has 140 valence electrons. The Bertz CT molecular complexity index is 911. The molecule has 2 aliphatic rings. The van der Waals surface area contributed by atoms with E-state index < -0.39 is 11.4 Å². The summed E-state index contributed by atoms with van der Waals surface area (Å²) in [5.41, 5.74) is 3.12. The van der Waals surface area contributed by atoms with Crippen LogP contribution in [-0.2, 0) is 11.2 Å². The highest BCUT2D eigenvalue weighted by atomic mass is 16.5. The molecular weight excluding hydrogens is 344 g/mol. The number of urea groups is 1. The number of fused-ring (bicyclic) bond motifs is 1.